The Hall–Kier alpha value is -0.170. The average molecular weight is 255 g/mol. The second-order valence-electron chi connectivity index (χ2n) is 4.43. The van der Waals surface area contributed by atoms with Crippen molar-refractivity contribution in [3.05, 3.63) is 23.8 Å². The molecule has 0 saturated carbocycles. The molecule has 17 heavy (non-hydrogen) atoms. The van der Waals surface area contributed by atoms with E-state index in [0.717, 1.165) is 16.1 Å². The van der Waals surface area contributed by atoms with Gasteiger partial charge in [0.2, 0.25) is 0 Å². The normalized spacial score (nSPS) is 19.2. The zero-order valence-corrected chi connectivity index (χ0v) is 13.3. The third-order valence-corrected chi connectivity index (χ3v) is 6.18. The molecule has 1 heterocycles. The Balaban J connectivity index is 0.00000121. The molecule has 1 rings (SSSR count). The standard InChI is InChI=1S/C14H25S.C2H6/c1-4-6-9-13(3)12-14(5-2)15-10-7-8-11-15;1-2/h4,6,9,14H,5,7-8,10-12H2,1-3H3;1-2H3/q+1;/b6-4-,13-9-;. The van der Waals surface area contributed by atoms with Gasteiger partial charge in [-0.05, 0) is 44.0 Å². The van der Waals surface area contributed by atoms with Crippen LogP contribution in [-0.4, -0.2) is 16.8 Å². The first kappa shape index (κ1) is 16.8. The molecule has 0 N–H and O–H groups in total. The van der Waals surface area contributed by atoms with Crippen LogP contribution in [0.15, 0.2) is 23.8 Å². The van der Waals surface area contributed by atoms with Crippen LogP contribution in [0.25, 0.3) is 0 Å². The van der Waals surface area contributed by atoms with Gasteiger partial charge in [0.05, 0.1) is 0 Å². The van der Waals surface area contributed by atoms with Gasteiger partial charge in [-0.1, -0.05) is 44.6 Å². The molecule has 1 unspecified atom stereocenters. The summed E-state index contributed by atoms with van der Waals surface area (Å²) in [6, 6.07) is 0. The summed E-state index contributed by atoms with van der Waals surface area (Å²) in [5.74, 6) is 3.02. The number of allylic oxidation sites excluding steroid dienone is 4. The first-order valence-electron chi connectivity index (χ1n) is 7.22. The summed E-state index contributed by atoms with van der Waals surface area (Å²) in [5, 5.41) is 0.967. The zero-order chi connectivity index (χ0) is 13.1. The fourth-order valence-electron chi connectivity index (χ4n) is 2.20. The van der Waals surface area contributed by atoms with E-state index in [1.165, 1.54) is 37.2 Å². The maximum atomic E-state index is 2.36. The van der Waals surface area contributed by atoms with Gasteiger partial charge in [-0.2, -0.15) is 0 Å². The van der Waals surface area contributed by atoms with Crippen molar-refractivity contribution < 1.29 is 0 Å². The van der Waals surface area contributed by atoms with Crippen molar-refractivity contribution in [1.29, 1.82) is 0 Å². The summed E-state index contributed by atoms with van der Waals surface area (Å²) in [7, 11) is 0.744. The van der Waals surface area contributed by atoms with Crippen LogP contribution in [0.4, 0.5) is 0 Å². The summed E-state index contributed by atoms with van der Waals surface area (Å²) in [4.78, 5) is 0. The van der Waals surface area contributed by atoms with Crippen molar-refractivity contribution in [2.24, 2.45) is 0 Å². The van der Waals surface area contributed by atoms with Crippen LogP contribution in [-0.2, 0) is 10.9 Å². The van der Waals surface area contributed by atoms with Gasteiger partial charge < -0.3 is 0 Å². The topological polar surface area (TPSA) is 0 Å². The number of rotatable bonds is 5. The summed E-state index contributed by atoms with van der Waals surface area (Å²) in [5.41, 5.74) is 1.55. The third kappa shape index (κ3) is 6.98. The van der Waals surface area contributed by atoms with E-state index >= 15 is 0 Å². The maximum Gasteiger partial charge on any atom is 0.121 e. The molecule has 0 bridgehead atoms. The fourth-order valence-corrected chi connectivity index (χ4v) is 5.19. The summed E-state index contributed by atoms with van der Waals surface area (Å²) in [6.45, 7) is 10.7. The van der Waals surface area contributed by atoms with E-state index in [0.29, 0.717) is 0 Å². The van der Waals surface area contributed by atoms with E-state index in [9.17, 15) is 0 Å². The highest BCUT2D eigenvalue weighted by Crippen LogP contribution is 2.25. The molecule has 1 atom stereocenters. The minimum atomic E-state index is 0.744. The van der Waals surface area contributed by atoms with Crippen LogP contribution in [0.3, 0.4) is 0 Å². The molecule has 1 fully saturated rings. The van der Waals surface area contributed by atoms with Crippen LogP contribution in [0.5, 0.6) is 0 Å². The highest BCUT2D eigenvalue weighted by atomic mass is 32.2. The van der Waals surface area contributed by atoms with Gasteiger partial charge >= 0.3 is 0 Å². The molecular weight excluding hydrogens is 224 g/mol. The summed E-state index contributed by atoms with van der Waals surface area (Å²) in [6.07, 6.45) is 12.2. The van der Waals surface area contributed by atoms with Gasteiger partial charge in [0, 0.05) is 6.42 Å². The first-order chi connectivity index (χ1) is 8.27. The molecule has 1 aliphatic rings. The minimum Gasteiger partial charge on any atom is -0.0877 e. The molecular formula is C16H31S+. The second kappa shape index (κ2) is 11.0. The van der Waals surface area contributed by atoms with Gasteiger partial charge in [0.15, 0.2) is 0 Å². The predicted octanol–water partition coefficient (Wildman–Crippen LogP) is 5.12. The molecule has 1 heteroatoms. The monoisotopic (exact) mass is 255 g/mol. The minimum absolute atomic E-state index is 0.744. The van der Waals surface area contributed by atoms with Crippen LogP contribution >= 0.6 is 0 Å². The van der Waals surface area contributed by atoms with Gasteiger partial charge in [0.25, 0.3) is 0 Å². The Morgan fingerprint density at radius 2 is 1.82 bits per heavy atom. The van der Waals surface area contributed by atoms with Crippen LogP contribution in [0, 0.1) is 0 Å². The molecule has 0 spiro atoms. The molecule has 0 aliphatic carbocycles. The van der Waals surface area contributed by atoms with E-state index < -0.39 is 0 Å². The first-order valence-corrected chi connectivity index (χ1v) is 8.85. The smallest absolute Gasteiger partial charge is 0.0877 e. The van der Waals surface area contributed by atoms with Crippen molar-refractivity contribution in [3.8, 4) is 0 Å². The molecule has 100 valence electrons. The lowest BCUT2D eigenvalue weighted by Gasteiger charge is -2.14. The van der Waals surface area contributed by atoms with E-state index in [-0.39, 0.29) is 0 Å². The van der Waals surface area contributed by atoms with E-state index in [4.69, 9.17) is 0 Å². The Labute approximate surface area is 112 Å². The number of hydrogen-bond acceptors (Lipinski definition) is 0. The lowest BCUT2D eigenvalue weighted by atomic mass is 10.1. The molecule has 0 amide bonds. The molecule has 0 nitrogen and oxygen atoms in total. The zero-order valence-electron chi connectivity index (χ0n) is 12.5. The van der Waals surface area contributed by atoms with Crippen LogP contribution in [0.1, 0.15) is 60.3 Å². The molecule has 1 aliphatic heterocycles. The number of hydrogen-bond donors (Lipinski definition) is 0. The van der Waals surface area contributed by atoms with E-state index in [1.54, 1.807) is 5.57 Å². The SMILES string of the molecule is C/C=C\C=C(\C)CC(CC)[S+]1CCCC1.CC. The van der Waals surface area contributed by atoms with Crippen LogP contribution in [0.2, 0.25) is 0 Å². The summed E-state index contributed by atoms with van der Waals surface area (Å²) >= 11 is 0. The molecule has 0 aromatic rings. The molecule has 0 radical (unpaired) electrons. The van der Waals surface area contributed by atoms with Gasteiger partial charge in [-0.3, -0.25) is 0 Å². The Bertz CT molecular complexity index is 222. The summed E-state index contributed by atoms with van der Waals surface area (Å²) < 4.78 is 0. The van der Waals surface area contributed by atoms with Gasteiger partial charge in [0.1, 0.15) is 16.8 Å². The highest BCUT2D eigenvalue weighted by molar-refractivity contribution is 7.97. The fraction of sp³-hybridized carbons (Fsp3) is 0.750. The molecule has 1 saturated heterocycles. The van der Waals surface area contributed by atoms with Crippen molar-refractivity contribution >= 4 is 10.9 Å². The average Bonchev–Trinajstić information content (AvgIpc) is 2.89. The second-order valence-corrected chi connectivity index (χ2v) is 6.98. The van der Waals surface area contributed by atoms with Gasteiger partial charge in [-0.15, -0.1) is 0 Å². The van der Waals surface area contributed by atoms with Crippen molar-refractivity contribution in [2.75, 3.05) is 11.5 Å². The lowest BCUT2D eigenvalue weighted by molar-refractivity contribution is 0.800. The highest BCUT2D eigenvalue weighted by Gasteiger charge is 2.32. The van der Waals surface area contributed by atoms with Crippen molar-refractivity contribution in [2.45, 2.75) is 65.6 Å². The van der Waals surface area contributed by atoms with E-state index in [1.807, 2.05) is 13.8 Å². The largest absolute Gasteiger partial charge is 0.121 e. The maximum absolute atomic E-state index is 2.36. The predicted molar refractivity (Wildman–Crippen MR) is 84.9 cm³/mol. The Morgan fingerprint density at radius 1 is 1.24 bits per heavy atom. The van der Waals surface area contributed by atoms with Gasteiger partial charge in [-0.25, -0.2) is 0 Å². The van der Waals surface area contributed by atoms with Crippen LogP contribution < -0.4 is 0 Å². The third-order valence-electron chi connectivity index (χ3n) is 3.11. The Kier molecular flexibility index (Phi) is 10.8. The van der Waals surface area contributed by atoms with Crippen molar-refractivity contribution in [3.63, 3.8) is 0 Å². The van der Waals surface area contributed by atoms with Crippen molar-refractivity contribution in [1.82, 2.24) is 0 Å². The molecule has 0 aromatic carbocycles. The lowest BCUT2D eigenvalue weighted by Crippen LogP contribution is -2.22. The quantitative estimate of drug-likeness (QED) is 0.473. The Morgan fingerprint density at radius 3 is 2.29 bits per heavy atom. The molecule has 0 aromatic heterocycles. The van der Waals surface area contributed by atoms with E-state index in [2.05, 4.69) is 39.0 Å².